The fraction of sp³-hybridized carbons (Fsp3) is 0.444. The number of anilines is 1. The van der Waals surface area contributed by atoms with Gasteiger partial charge in [-0.2, -0.15) is 18.3 Å². The van der Waals surface area contributed by atoms with Gasteiger partial charge in [0.2, 0.25) is 5.91 Å². The van der Waals surface area contributed by atoms with Gasteiger partial charge in [0.25, 0.3) is 11.8 Å². The number of alkyl halides is 4. The minimum atomic E-state index is -4.81. The van der Waals surface area contributed by atoms with Crippen LogP contribution in [0.1, 0.15) is 39.5 Å². The Labute approximate surface area is 248 Å². The molecule has 1 aromatic carbocycles. The molecule has 3 aromatic rings. The Balaban J connectivity index is 1.24. The van der Waals surface area contributed by atoms with Crippen molar-refractivity contribution in [1.29, 1.82) is 0 Å². The summed E-state index contributed by atoms with van der Waals surface area (Å²) in [7, 11) is 1.37. The van der Waals surface area contributed by atoms with Gasteiger partial charge in [0.05, 0.1) is 34.6 Å². The maximum atomic E-state index is 13.6. The molecule has 3 amide bonds. The summed E-state index contributed by atoms with van der Waals surface area (Å²) in [5, 5.41) is 6.12. The normalized spacial score (nSPS) is 18.9. The predicted molar refractivity (Wildman–Crippen MR) is 148 cm³/mol. The lowest BCUT2D eigenvalue weighted by Crippen LogP contribution is -2.54. The maximum absolute atomic E-state index is 13.6. The summed E-state index contributed by atoms with van der Waals surface area (Å²) >= 11 is 6.40. The van der Waals surface area contributed by atoms with Crippen molar-refractivity contribution in [3.05, 3.63) is 52.7 Å². The van der Waals surface area contributed by atoms with Gasteiger partial charge in [0.15, 0.2) is 11.5 Å². The van der Waals surface area contributed by atoms with Crippen LogP contribution in [-0.2, 0) is 24.6 Å². The standard InChI is InChI=1S/C27H29ClF4N8O3/c1-37-21(19-14-40(5-4-29)36-22(19)27(30,31)32)13-34-23(37)24(41)35-17-2-3-18(20(28)12-17)26(43)39-8-6-38(7-9-39)25(42)15-10-16(33)11-15/h2-3,12-16H,4-11,33H2,1H3,(H,35,41). The third-order valence-corrected chi connectivity index (χ3v) is 7.98. The summed E-state index contributed by atoms with van der Waals surface area (Å²) in [4.78, 5) is 46.0. The van der Waals surface area contributed by atoms with E-state index in [9.17, 15) is 31.9 Å². The molecule has 1 aliphatic carbocycles. The molecular formula is C27H29ClF4N8O3. The molecule has 0 bridgehead atoms. The van der Waals surface area contributed by atoms with Crippen LogP contribution in [0.4, 0.5) is 23.2 Å². The number of hydrogen-bond acceptors (Lipinski definition) is 6. The van der Waals surface area contributed by atoms with E-state index in [1.165, 1.54) is 29.8 Å². The van der Waals surface area contributed by atoms with Crippen molar-refractivity contribution in [2.45, 2.75) is 31.6 Å². The van der Waals surface area contributed by atoms with Crippen molar-refractivity contribution in [1.82, 2.24) is 29.1 Å². The Morgan fingerprint density at radius 1 is 1.12 bits per heavy atom. The molecule has 1 saturated heterocycles. The van der Waals surface area contributed by atoms with Crippen LogP contribution in [-0.4, -0.2) is 85.7 Å². The number of aryl methyl sites for hydroxylation is 1. The monoisotopic (exact) mass is 624 g/mol. The summed E-state index contributed by atoms with van der Waals surface area (Å²) in [6.07, 6.45) is -1.29. The Morgan fingerprint density at radius 2 is 1.79 bits per heavy atom. The number of nitrogens with zero attached hydrogens (tertiary/aromatic N) is 6. The number of hydrogen-bond donors (Lipinski definition) is 2. The van der Waals surface area contributed by atoms with Crippen LogP contribution < -0.4 is 11.1 Å². The number of rotatable bonds is 7. The van der Waals surface area contributed by atoms with E-state index in [-0.39, 0.29) is 63.7 Å². The first kappa shape index (κ1) is 30.5. The first-order valence-corrected chi connectivity index (χ1v) is 13.9. The molecular weight excluding hydrogens is 596 g/mol. The molecule has 1 aliphatic heterocycles. The van der Waals surface area contributed by atoms with Gasteiger partial charge in [-0.1, -0.05) is 11.6 Å². The molecule has 230 valence electrons. The van der Waals surface area contributed by atoms with Gasteiger partial charge < -0.3 is 25.4 Å². The predicted octanol–water partition coefficient (Wildman–Crippen LogP) is 3.20. The van der Waals surface area contributed by atoms with Crippen molar-refractivity contribution < 1.29 is 31.9 Å². The van der Waals surface area contributed by atoms with Crippen molar-refractivity contribution in [3.8, 4) is 11.3 Å². The first-order valence-electron chi connectivity index (χ1n) is 13.5. The molecule has 0 radical (unpaired) electrons. The highest BCUT2D eigenvalue weighted by Gasteiger charge is 2.39. The number of nitrogens with two attached hydrogens (primary N) is 1. The highest BCUT2D eigenvalue weighted by molar-refractivity contribution is 6.34. The molecule has 0 unspecified atom stereocenters. The molecule has 3 N–H and O–H groups in total. The van der Waals surface area contributed by atoms with Crippen molar-refractivity contribution in [2.24, 2.45) is 18.7 Å². The van der Waals surface area contributed by atoms with E-state index in [1.807, 2.05) is 0 Å². The smallest absolute Gasteiger partial charge is 0.339 e. The second-order valence-corrected chi connectivity index (χ2v) is 11.0. The zero-order valence-electron chi connectivity index (χ0n) is 23.1. The topological polar surface area (TPSA) is 131 Å². The van der Waals surface area contributed by atoms with E-state index in [2.05, 4.69) is 15.4 Å². The van der Waals surface area contributed by atoms with E-state index in [0.717, 1.165) is 17.1 Å². The molecule has 11 nitrogen and oxygen atoms in total. The summed E-state index contributed by atoms with van der Waals surface area (Å²) in [6.45, 7) is 0.256. The molecule has 3 heterocycles. The third kappa shape index (κ3) is 6.22. The minimum Gasteiger partial charge on any atom is -0.339 e. The summed E-state index contributed by atoms with van der Waals surface area (Å²) in [5.41, 5.74) is 4.63. The van der Waals surface area contributed by atoms with Gasteiger partial charge in [0.1, 0.15) is 6.67 Å². The number of carbonyl (C=O) groups is 3. The summed E-state index contributed by atoms with van der Waals surface area (Å²) < 4.78 is 55.5. The summed E-state index contributed by atoms with van der Waals surface area (Å²) in [6, 6.07) is 4.40. The molecule has 2 aromatic heterocycles. The van der Waals surface area contributed by atoms with Crippen LogP contribution in [0.15, 0.2) is 30.6 Å². The lowest BCUT2D eigenvalue weighted by molar-refractivity contribution is -0.141. The zero-order valence-corrected chi connectivity index (χ0v) is 23.8. The quantitative estimate of drug-likeness (QED) is 0.388. The Kier molecular flexibility index (Phi) is 8.47. The lowest BCUT2D eigenvalue weighted by Gasteiger charge is -2.40. The van der Waals surface area contributed by atoms with Crippen LogP contribution in [0.25, 0.3) is 11.3 Å². The van der Waals surface area contributed by atoms with Gasteiger partial charge in [-0.05, 0) is 31.0 Å². The molecule has 5 rings (SSSR count). The van der Waals surface area contributed by atoms with Crippen molar-refractivity contribution in [2.75, 3.05) is 38.2 Å². The van der Waals surface area contributed by atoms with E-state index in [1.54, 1.807) is 9.80 Å². The van der Waals surface area contributed by atoms with Crippen LogP contribution >= 0.6 is 11.6 Å². The average Bonchev–Trinajstić information content (AvgIpc) is 3.54. The highest BCUT2D eigenvalue weighted by Crippen LogP contribution is 2.36. The molecule has 43 heavy (non-hydrogen) atoms. The molecule has 0 atom stereocenters. The number of piperazine rings is 1. The fourth-order valence-electron chi connectivity index (χ4n) is 5.27. The van der Waals surface area contributed by atoms with Gasteiger partial charge in [-0.15, -0.1) is 0 Å². The number of carbonyl (C=O) groups excluding carboxylic acids is 3. The number of amides is 3. The molecule has 1 saturated carbocycles. The Bertz CT molecular complexity index is 1540. The van der Waals surface area contributed by atoms with Crippen molar-refractivity contribution >= 4 is 35.0 Å². The molecule has 0 spiro atoms. The number of aromatic nitrogens is 4. The van der Waals surface area contributed by atoms with Crippen LogP contribution in [0.3, 0.4) is 0 Å². The van der Waals surface area contributed by atoms with Gasteiger partial charge in [-0.25, -0.2) is 9.37 Å². The van der Waals surface area contributed by atoms with E-state index >= 15 is 0 Å². The molecule has 2 fully saturated rings. The fourth-order valence-corrected chi connectivity index (χ4v) is 5.53. The first-order chi connectivity index (χ1) is 20.4. The van der Waals surface area contributed by atoms with Gasteiger partial charge in [0, 0.05) is 57.1 Å². The second-order valence-electron chi connectivity index (χ2n) is 10.6. The van der Waals surface area contributed by atoms with Gasteiger partial charge in [-0.3, -0.25) is 19.1 Å². The maximum Gasteiger partial charge on any atom is 0.435 e. The number of halogens is 5. The zero-order chi connectivity index (χ0) is 31.1. The molecule has 16 heteroatoms. The van der Waals surface area contributed by atoms with Gasteiger partial charge >= 0.3 is 6.18 Å². The van der Waals surface area contributed by atoms with E-state index < -0.39 is 24.5 Å². The third-order valence-electron chi connectivity index (χ3n) is 7.67. The largest absolute Gasteiger partial charge is 0.435 e. The summed E-state index contributed by atoms with van der Waals surface area (Å²) in [5.74, 6) is -1.23. The molecule has 2 aliphatic rings. The van der Waals surface area contributed by atoms with Crippen LogP contribution in [0, 0.1) is 5.92 Å². The van der Waals surface area contributed by atoms with E-state index in [4.69, 9.17) is 17.3 Å². The lowest BCUT2D eigenvalue weighted by atomic mass is 9.80. The van der Waals surface area contributed by atoms with E-state index in [0.29, 0.717) is 39.0 Å². The number of benzene rings is 1. The number of nitrogens with one attached hydrogen (secondary N) is 1. The van der Waals surface area contributed by atoms with Crippen molar-refractivity contribution in [3.63, 3.8) is 0 Å². The SMILES string of the molecule is Cn1c(-c2cn(CCF)nc2C(F)(F)F)cnc1C(=O)Nc1ccc(C(=O)N2CCN(C(=O)C3CC(N)C3)CC2)c(Cl)c1. The second kappa shape index (κ2) is 12.0. The Morgan fingerprint density at radius 3 is 2.40 bits per heavy atom. The highest BCUT2D eigenvalue weighted by atomic mass is 35.5. The Hall–Kier alpha value is -3.98. The van der Waals surface area contributed by atoms with Crippen LogP contribution in [0.2, 0.25) is 5.02 Å². The number of imidazole rings is 1. The average molecular weight is 625 g/mol. The minimum absolute atomic E-state index is 0.0420. The van der Waals surface area contributed by atoms with Crippen LogP contribution in [0.5, 0.6) is 0 Å².